The molecule has 1 aromatic heterocycles. The highest BCUT2D eigenvalue weighted by atomic mass is 16.6. The minimum atomic E-state index is -0.655. The summed E-state index contributed by atoms with van der Waals surface area (Å²) in [5.74, 6) is -0.479. The van der Waals surface area contributed by atoms with Gasteiger partial charge in [-0.3, -0.25) is 0 Å². The van der Waals surface area contributed by atoms with Crippen LogP contribution in [0.2, 0.25) is 0 Å². The summed E-state index contributed by atoms with van der Waals surface area (Å²) >= 11 is 0. The molecule has 0 aliphatic rings. The average Bonchev–Trinajstić information content (AvgIpc) is 3.01. The maximum Gasteiger partial charge on any atom is 0.347 e. The fourth-order valence-electron chi connectivity index (χ4n) is 3.51. The molecule has 3 aromatic carbocycles. The highest BCUT2D eigenvalue weighted by Crippen LogP contribution is 2.24. The lowest BCUT2D eigenvalue weighted by molar-refractivity contribution is -0.139. The first-order valence-electron chi connectivity index (χ1n) is 12.6. The Morgan fingerprint density at radius 2 is 1.29 bits per heavy atom. The molecule has 214 valence electrons. The van der Waals surface area contributed by atoms with E-state index in [2.05, 4.69) is 18.1 Å². The summed E-state index contributed by atoms with van der Waals surface area (Å²) < 4.78 is 31.5. The van der Waals surface area contributed by atoms with E-state index >= 15 is 0 Å². The molecule has 0 bridgehead atoms. The molecule has 11 nitrogen and oxygen atoms in total. The number of esters is 3. The molecule has 42 heavy (non-hydrogen) atoms. The number of fused-ring (bicyclic) bond motifs is 1. The van der Waals surface area contributed by atoms with E-state index in [-0.39, 0.29) is 49.0 Å². The lowest BCUT2D eigenvalue weighted by Gasteiger charge is -2.08. The molecule has 4 rings (SSSR count). The lowest BCUT2D eigenvalue weighted by Crippen LogP contribution is -2.11. The third kappa shape index (κ3) is 7.92. The van der Waals surface area contributed by atoms with Gasteiger partial charge >= 0.3 is 23.5 Å². The van der Waals surface area contributed by atoms with Gasteiger partial charge in [0.25, 0.3) is 0 Å². The Balaban J connectivity index is 1.36. The Labute approximate surface area is 239 Å². The zero-order valence-corrected chi connectivity index (χ0v) is 22.3. The van der Waals surface area contributed by atoms with Crippen LogP contribution in [0, 0.1) is 0 Å². The minimum Gasteiger partial charge on any atom is -0.490 e. The number of aromatic nitrogens is 1. The average molecular weight is 572 g/mol. The van der Waals surface area contributed by atoms with Crippen molar-refractivity contribution >= 4 is 28.8 Å². The first-order chi connectivity index (χ1) is 20.4. The summed E-state index contributed by atoms with van der Waals surface area (Å²) in [5.41, 5.74) is 0.495. The molecule has 0 unspecified atom stereocenters. The van der Waals surface area contributed by atoms with E-state index in [1.165, 1.54) is 24.3 Å². The van der Waals surface area contributed by atoms with Crippen molar-refractivity contribution in [1.29, 1.82) is 0 Å². The normalized spacial score (nSPS) is 10.4. The van der Waals surface area contributed by atoms with Gasteiger partial charge in [-0.2, -0.15) is 0 Å². The van der Waals surface area contributed by atoms with E-state index in [9.17, 15) is 19.2 Å². The van der Waals surface area contributed by atoms with Gasteiger partial charge in [0.15, 0.2) is 0 Å². The molecule has 0 aliphatic carbocycles. The Morgan fingerprint density at radius 1 is 0.738 bits per heavy atom. The molecule has 0 N–H and O–H groups in total. The van der Waals surface area contributed by atoms with E-state index in [0.29, 0.717) is 22.6 Å². The second-order valence-electron chi connectivity index (χ2n) is 8.36. The predicted octanol–water partition coefficient (Wildman–Crippen LogP) is 4.29. The monoisotopic (exact) mass is 571 g/mol. The van der Waals surface area contributed by atoms with Crippen LogP contribution in [0.4, 0.5) is 0 Å². The van der Waals surface area contributed by atoms with Crippen LogP contribution in [0.5, 0.6) is 17.2 Å². The van der Waals surface area contributed by atoms with Crippen LogP contribution >= 0.6 is 0 Å². The quantitative estimate of drug-likeness (QED) is 0.0982. The van der Waals surface area contributed by atoms with Crippen LogP contribution in [0.1, 0.15) is 10.4 Å². The van der Waals surface area contributed by atoms with Crippen LogP contribution in [0.25, 0.3) is 22.4 Å². The predicted molar refractivity (Wildman–Crippen MR) is 150 cm³/mol. The van der Waals surface area contributed by atoms with Crippen molar-refractivity contribution in [2.24, 2.45) is 0 Å². The maximum atomic E-state index is 12.7. The summed E-state index contributed by atoms with van der Waals surface area (Å²) in [5, 5.41) is 0.138. The van der Waals surface area contributed by atoms with Crippen LogP contribution in [-0.4, -0.2) is 49.3 Å². The Morgan fingerprint density at radius 3 is 1.86 bits per heavy atom. The number of carbonyl (C=O) groups is 3. The van der Waals surface area contributed by atoms with E-state index in [4.69, 9.17) is 28.1 Å². The van der Waals surface area contributed by atoms with Gasteiger partial charge in [0.05, 0.1) is 16.5 Å². The molecule has 0 fully saturated rings. The molecular formula is C31H25NO10. The topological polar surface area (TPSA) is 140 Å². The molecule has 0 amide bonds. The molecule has 0 atom stereocenters. The molecule has 0 saturated heterocycles. The molecule has 0 saturated carbocycles. The standard InChI is InChI=1S/C31H25NO10/c1-3-27(33)39-17-15-37-22-9-5-20(6-10-22)29-32-26-14-13-24(19-25(26)31(36)42-29)41-30(35)21-7-11-23(12-8-21)38-16-18-40-28(34)4-2/h3-14,19H,1-2,15-18H2. The zero-order chi connectivity index (χ0) is 29.9. The fraction of sp³-hybridized carbons (Fsp3) is 0.129. The summed E-state index contributed by atoms with van der Waals surface area (Å²) in [7, 11) is 0. The van der Waals surface area contributed by atoms with Gasteiger partial charge in [0, 0.05) is 17.7 Å². The zero-order valence-electron chi connectivity index (χ0n) is 22.3. The van der Waals surface area contributed by atoms with Crippen LogP contribution in [0.3, 0.4) is 0 Å². The number of hydrogen-bond donors (Lipinski definition) is 0. The summed E-state index contributed by atoms with van der Waals surface area (Å²) in [6.07, 6.45) is 2.13. The highest BCUT2D eigenvalue weighted by Gasteiger charge is 2.13. The van der Waals surface area contributed by atoms with Crippen LogP contribution in [-0.2, 0) is 19.1 Å². The van der Waals surface area contributed by atoms with Crippen molar-refractivity contribution in [2.75, 3.05) is 26.4 Å². The Hall–Kier alpha value is -5.71. The maximum absolute atomic E-state index is 12.7. The molecular weight excluding hydrogens is 546 g/mol. The number of ether oxygens (including phenoxy) is 5. The molecule has 11 heteroatoms. The van der Waals surface area contributed by atoms with Gasteiger partial charge in [-0.1, -0.05) is 13.2 Å². The first-order valence-corrected chi connectivity index (χ1v) is 12.6. The Bertz CT molecular complexity index is 1660. The van der Waals surface area contributed by atoms with Crippen molar-refractivity contribution in [3.63, 3.8) is 0 Å². The summed E-state index contributed by atoms with van der Waals surface area (Å²) in [6.45, 7) is 7.05. The van der Waals surface area contributed by atoms with Crippen molar-refractivity contribution in [3.05, 3.63) is 108 Å². The van der Waals surface area contributed by atoms with Gasteiger partial charge < -0.3 is 28.1 Å². The molecule has 0 aliphatic heterocycles. The number of nitrogens with zero attached hydrogens (tertiary/aromatic N) is 1. The minimum absolute atomic E-state index is 0.0557. The number of hydrogen-bond acceptors (Lipinski definition) is 11. The molecule has 4 aromatic rings. The Kier molecular flexibility index (Phi) is 9.81. The smallest absolute Gasteiger partial charge is 0.347 e. The number of rotatable bonds is 13. The van der Waals surface area contributed by atoms with Gasteiger partial charge in [0.1, 0.15) is 43.7 Å². The van der Waals surface area contributed by atoms with E-state index in [0.717, 1.165) is 12.2 Å². The van der Waals surface area contributed by atoms with Gasteiger partial charge in [-0.05, 0) is 66.7 Å². The van der Waals surface area contributed by atoms with Crippen LogP contribution < -0.4 is 19.8 Å². The van der Waals surface area contributed by atoms with Gasteiger partial charge in [0.2, 0.25) is 5.89 Å². The fourth-order valence-corrected chi connectivity index (χ4v) is 3.51. The van der Waals surface area contributed by atoms with Crippen molar-refractivity contribution < 1.29 is 42.5 Å². The highest BCUT2D eigenvalue weighted by molar-refractivity contribution is 5.92. The van der Waals surface area contributed by atoms with E-state index < -0.39 is 23.5 Å². The van der Waals surface area contributed by atoms with E-state index in [1.54, 1.807) is 42.5 Å². The molecule has 0 radical (unpaired) electrons. The third-order valence-corrected chi connectivity index (χ3v) is 5.53. The summed E-state index contributed by atoms with van der Waals surface area (Å²) in [4.78, 5) is 51.9. The van der Waals surface area contributed by atoms with Crippen LogP contribution in [0.15, 0.2) is 101 Å². The van der Waals surface area contributed by atoms with Gasteiger partial charge in [-0.15, -0.1) is 0 Å². The number of benzene rings is 3. The van der Waals surface area contributed by atoms with Gasteiger partial charge in [-0.25, -0.2) is 24.2 Å². The second-order valence-corrected chi connectivity index (χ2v) is 8.36. The van der Waals surface area contributed by atoms with Crippen molar-refractivity contribution in [2.45, 2.75) is 0 Å². The van der Waals surface area contributed by atoms with E-state index in [1.807, 2.05) is 0 Å². The second kappa shape index (κ2) is 14.1. The molecule has 0 spiro atoms. The largest absolute Gasteiger partial charge is 0.490 e. The number of carbonyl (C=O) groups excluding carboxylic acids is 3. The van der Waals surface area contributed by atoms with Crippen molar-refractivity contribution in [3.8, 4) is 28.7 Å². The van der Waals surface area contributed by atoms with Crippen molar-refractivity contribution in [1.82, 2.24) is 4.98 Å². The molecule has 1 heterocycles. The SMILES string of the molecule is C=CC(=O)OCCOc1ccc(C(=O)Oc2ccc3nc(-c4ccc(OCCOC(=O)C=C)cc4)oc(=O)c3c2)cc1. The summed E-state index contributed by atoms with van der Waals surface area (Å²) in [6, 6.07) is 17.3. The first kappa shape index (κ1) is 29.3. The lowest BCUT2D eigenvalue weighted by atomic mass is 10.2. The third-order valence-electron chi connectivity index (χ3n) is 5.53.